The van der Waals surface area contributed by atoms with Gasteiger partial charge in [-0.3, -0.25) is 0 Å². The molecule has 2 heterocycles. The number of nitrogens with zero attached hydrogens (tertiary/aromatic N) is 2. The number of methoxy groups -OCH3 is 2. The molecule has 0 aliphatic carbocycles. The molecule has 3 aromatic rings. The first kappa shape index (κ1) is 15.1. The maximum absolute atomic E-state index is 6.34. The first-order chi connectivity index (χ1) is 10.6. The van der Waals surface area contributed by atoms with Gasteiger partial charge in [-0.2, -0.15) is 4.98 Å². The van der Waals surface area contributed by atoms with Gasteiger partial charge in [-0.05, 0) is 30.3 Å². The average molecular weight is 380 g/mol. The van der Waals surface area contributed by atoms with Gasteiger partial charge in [0.2, 0.25) is 11.8 Å². The van der Waals surface area contributed by atoms with Crippen LogP contribution in [0.3, 0.4) is 0 Å². The highest BCUT2D eigenvalue weighted by atomic mass is 79.9. The van der Waals surface area contributed by atoms with Gasteiger partial charge in [-0.1, -0.05) is 27.5 Å². The van der Waals surface area contributed by atoms with Crippen molar-refractivity contribution in [1.82, 2.24) is 9.97 Å². The normalized spacial score (nSPS) is 10.7. The van der Waals surface area contributed by atoms with Crippen molar-refractivity contribution in [1.29, 1.82) is 0 Å². The molecule has 0 N–H and O–H groups in total. The second-order valence-electron chi connectivity index (χ2n) is 4.57. The predicted molar refractivity (Wildman–Crippen MR) is 90.8 cm³/mol. The lowest BCUT2D eigenvalue weighted by Gasteiger charge is -2.11. The Hall–Kier alpha value is -1.85. The van der Waals surface area contributed by atoms with Gasteiger partial charge in [0, 0.05) is 27.1 Å². The molecule has 0 unspecified atom stereocenters. The van der Waals surface area contributed by atoms with Crippen LogP contribution >= 0.6 is 27.5 Å². The van der Waals surface area contributed by atoms with E-state index < -0.39 is 0 Å². The molecular formula is C16H12BrClN2O2. The van der Waals surface area contributed by atoms with Crippen LogP contribution in [-0.2, 0) is 0 Å². The number of hydrogen-bond donors (Lipinski definition) is 0. The lowest BCUT2D eigenvalue weighted by molar-refractivity contribution is 0.366. The molecule has 6 heteroatoms. The van der Waals surface area contributed by atoms with Crippen LogP contribution in [0.2, 0.25) is 5.15 Å². The van der Waals surface area contributed by atoms with Crippen molar-refractivity contribution in [2.24, 2.45) is 0 Å². The standard InChI is InChI=1S/C16H12BrClN2O2/c1-21-14-6-4-11(16(20-14)22-2)12-8-9-7-10(17)3-5-13(9)19-15(12)18/h3-8H,1-2H3. The molecule has 0 radical (unpaired) electrons. The van der Waals surface area contributed by atoms with Crippen LogP contribution in [0.15, 0.2) is 40.9 Å². The molecule has 0 saturated heterocycles. The number of pyridine rings is 2. The number of ether oxygens (including phenoxy) is 2. The number of rotatable bonds is 3. The smallest absolute Gasteiger partial charge is 0.224 e. The minimum Gasteiger partial charge on any atom is -0.481 e. The van der Waals surface area contributed by atoms with E-state index in [2.05, 4.69) is 25.9 Å². The first-order valence-corrected chi connectivity index (χ1v) is 7.64. The molecule has 0 amide bonds. The molecule has 0 atom stereocenters. The van der Waals surface area contributed by atoms with E-state index in [4.69, 9.17) is 21.1 Å². The SMILES string of the molecule is COc1ccc(-c2cc3cc(Br)ccc3nc2Cl)c(OC)n1. The molecule has 2 aromatic heterocycles. The van der Waals surface area contributed by atoms with E-state index in [1.165, 1.54) is 0 Å². The van der Waals surface area contributed by atoms with E-state index >= 15 is 0 Å². The number of fused-ring (bicyclic) bond motifs is 1. The van der Waals surface area contributed by atoms with Gasteiger partial charge in [-0.25, -0.2) is 4.98 Å². The van der Waals surface area contributed by atoms with Gasteiger partial charge in [-0.15, -0.1) is 0 Å². The lowest BCUT2D eigenvalue weighted by Crippen LogP contribution is -1.96. The second-order valence-corrected chi connectivity index (χ2v) is 5.85. The Morgan fingerprint density at radius 2 is 1.77 bits per heavy atom. The van der Waals surface area contributed by atoms with Crippen molar-refractivity contribution in [2.75, 3.05) is 14.2 Å². The fourth-order valence-electron chi connectivity index (χ4n) is 2.21. The Bertz CT molecular complexity index is 855. The number of benzene rings is 1. The fraction of sp³-hybridized carbons (Fsp3) is 0.125. The summed E-state index contributed by atoms with van der Waals surface area (Å²) in [6.07, 6.45) is 0. The van der Waals surface area contributed by atoms with Gasteiger partial charge in [0.05, 0.1) is 19.7 Å². The molecule has 22 heavy (non-hydrogen) atoms. The molecule has 1 aromatic carbocycles. The van der Waals surface area contributed by atoms with Crippen molar-refractivity contribution in [3.8, 4) is 22.9 Å². The number of hydrogen-bond acceptors (Lipinski definition) is 4. The quantitative estimate of drug-likeness (QED) is 0.617. The van der Waals surface area contributed by atoms with Crippen LogP contribution in [0, 0.1) is 0 Å². The Kier molecular flexibility index (Phi) is 4.18. The average Bonchev–Trinajstić information content (AvgIpc) is 2.54. The van der Waals surface area contributed by atoms with Gasteiger partial charge in [0.25, 0.3) is 0 Å². The van der Waals surface area contributed by atoms with E-state index in [1.54, 1.807) is 20.3 Å². The van der Waals surface area contributed by atoms with Crippen LogP contribution < -0.4 is 9.47 Å². The molecule has 0 spiro atoms. The molecule has 112 valence electrons. The zero-order chi connectivity index (χ0) is 15.7. The monoisotopic (exact) mass is 378 g/mol. The molecule has 0 saturated carbocycles. The third-order valence-electron chi connectivity index (χ3n) is 3.26. The van der Waals surface area contributed by atoms with Crippen molar-refractivity contribution in [3.05, 3.63) is 46.0 Å². The summed E-state index contributed by atoms with van der Waals surface area (Å²) in [4.78, 5) is 8.73. The van der Waals surface area contributed by atoms with Gasteiger partial charge in [0.1, 0.15) is 5.15 Å². The Morgan fingerprint density at radius 3 is 2.50 bits per heavy atom. The minimum absolute atomic E-state index is 0.403. The van der Waals surface area contributed by atoms with Gasteiger partial charge < -0.3 is 9.47 Å². The molecule has 4 nitrogen and oxygen atoms in total. The van der Waals surface area contributed by atoms with E-state index in [9.17, 15) is 0 Å². The van der Waals surface area contributed by atoms with Crippen molar-refractivity contribution >= 4 is 38.4 Å². The fourth-order valence-corrected chi connectivity index (χ4v) is 2.84. The van der Waals surface area contributed by atoms with Crippen LogP contribution in [0.25, 0.3) is 22.0 Å². The molecule has 3 rings (SSSR count). The van der Waals surface area contributed by atoms with Crippen LogP contribution in [-0.4, -0.2) is 24.2 Å². The zero-order valence-electron chi connectivity index (χ0n) is 11.9. The maximum Gasteiger partial charge on any atom is 0.224 e. The summed E-state index contributed by atoms with van der Waals surface area (Å²) in [5.41, 5.74) is 2.36. The van der Waals surface area contributed by atoms with Crippen LogP contribution in [0.4, 0.5) is 0 Å². The summed E-state index contributed by atoms with van der Waals surface area (Å²) in [6, 6.07) is 11.4. The third-order valence-corrected chi connectivity index (χ3v) is 4.04. The number of halogens is 2. The lowest BCUT2D eigenvalue weighted by atomic mass is 10.1. The van der Waals surface area contributed by atoms with E-state index in [-0.39, 0.29) is 0 Å². The topological polar surface area (TPSA) is 44.2 Å². The summed E-state index contributed by atoms with van der Waals surface area (Å²) >= 11 is 9.81. The van der Waals surface area contributed by atoms with E-state index in [0.29, 0.717) is 16.9 Å². The Balaban J connectivity index is 2.23. The van der Waals surface area contributed by atoms with E-state index in [1.807, 2.05) is 30.3 Å². The Morgan fingerprint density at radius 1 is 0.955 bits per heavy atom. The largest absolute Gasteiger partial charge is 0.481 e. The second kappa shape index (κ2) is 6.10. The van der Waals surface area contributed by atoms with Crippen molar-refractivity contribution < 1.29 is 9.47 Å². The summed E-state index contributed by atoms with van der Waals surface area (Å²) in [6.45, 7) is 0. The van der Waals surface area contributed by atoms with Crippen LogP contribution in [0.5, 0.6) is 11.8 Å². The summed E-state index contributed by atoms with van der Waals surface area (Å²) in [5, 5.41) is 1.38. The predicted octanol–water partition coefficient (Wildman–Crippen LogP) is 4.73. The molecule has 0 aliphatic rings. The maximum atomic E-state index is 6.34. The summed E-state index contributed by atoms with van der Waals surface area (Å²) in [7, 11) is 3.12. The highest BCUT2D eigenvalue weighted by molar-refractivity contribution is 9.10. The first-order valence-electron chi connectivity index (χ1n) is 6.47. The minimum atomic E-state index is 0.403. The van der Waals surface area contributed by atoms with E-state index in [0.717, 1.165) is 26.5 Å². The number of aromatic nitrogens is 2. The summed E-state index contributed by atoms with van der Waals surface area (Å²) < 4.78 is 11.4. The van der Waals surface area contributed by atoms with Crippen molar-refractivity contribution in [2.45, 2.75) is 0 Å². The molecule has 0 aliphatic heterocycles. The molecule has 0 bridgehead atoms. The van der Waals surface area contributed by atoms with Crippen molar-refractivity contribution in [3.63, 3.8) is 0 Å². The molecule has 0 fully saturated rings. The summed E-state index contributed by atoms with van der Waals surface area (Å²) in [5.74, 6) is 0.922. The molecular weight excluding hydrogens is 368 g/mol. The Labute approximate surface area is 141 Å². The van der Waals surface area contributed by atoms with Gasteiger partial charge in [0.15, 0.2) is 0 Å². The highest BCUT2D eigenvalue weighted by Crippen LogP contribution is 2.36. The van der Waals surface area contributed by atoms with Gasteiger partial charge >= 0.3 is 0 Å². The third kappa shape index (κ3) is 2.74. The highest BCUT2D eigenvalue weighted by Gasteiger charge is 2.14. The zero-order valence-corrected chi connectivity index (χ0v) is 14.3. The van der Waals surface area contributed by atoms with Crippen LogP contribution in [0.1, 0.15) is 0 Å².